The molecule has 2 unspecified atom stereocenters. The molecule has 0 radical (unpaired) electrons. The molecule has 28 heavy (non-hydrogen) atoms. The van der Waals surface area contributed by atoms with Gasteiger partial charge in [-0.3, -0.25) is 4.99 Å². The largest absolute Gasteiger partial charge is 0.497 e. The van der Waals surface area contributed by atoms with Crippen molar-refractivity contribution in [3.8, 4) is 11.5 Å². The molecule has 5 nitrogen and oxygen atoms in total. The normalized spacial score (nSPS) is 16.8. The average Bonchev–Trinajstić information content (AvgIpc) is 2.73. The molecule has 6 heteroatoms. The Balaban J connectivity index is 0.00000280. The summed E-state index contributed by atoms with van der Waals surface area (Å²) in [6.45, 7) is 3.83. The Labute approximate surface area is 184 Å². The van der Waals surface area contributed by atoms with Crippen molar-refractivity contribution < 1.29 is 9.47 Å². The van der Waals surface area contributed by atoms with Crippen molar-refractivity contribution in [1.29, 1.82) is 0 Å². The summed E-state index contributed by atoms with van der Waals surface area (Å²) < 4.78 is 11.0. The van der Waals surface area contributed by atoms with Crippen LogP contribution in [0.15, 0.2) is 53.5 Å². The second kappa shape index (κ2) is 11.1. The second-order valence-corrected chi connectivity index (χ2v) is 6.83. The van der Waals surface area contributed by atoms with Gasteiger partial charge in [0.05, 0.1) is 19.8 Å². The minimum Gasteiger partial charge on any atom is -0.497 e. The van der Waals surface area contributed by atoms with Gasteiger partial charge in [0.25, 0.3) is 0 Å². The summed E-state index contributed by atoms with van der Waals surface area (Å²) in [6, 6.07) is 16.7. The first kappa shape index (κ1) is 22.3. The zero-order chi connectivity index (χ0) is 19.1. The highest BCUT2D eigenvalue weighted by Gasteiger charge is 2.21. The number of hydrogen-bond donors (Lipinski definition) is 2. The Bertz CT molecular complexity index is 765. The lowest BCUT2D eigenvalue weighted by Gasteiger charge is -2.28. The molecule has 1 aliphatic rings. The number of rotatable bonds is 6. The van der Waals surface area contributed by atoms with Crippen LogP contribution in [-0.2, 0) is 0 Å². The molecule has 0 aliphatic carbocycles. The molecular weight excluding hydrogens is 465 g/mol. The number of halogens is 1. The highest BCUT2D eigenvalue weighted by Crippen LogP contribution is 2.31. The minimum atomic E-state index is 0. The van der Waals surface area contributed by atoms with Crippen LogP contribution in [0.1, 0.15) is 42.9 Å². The quantitative estimate of drug-likeness (QED) is 0.352. The number of nitrogens with zero attached hydrogens (tertiary/aromatic N) is 1. The van der Waals surface area contributed by atoms with E-state index in [1.54, 1.807) is 7.11 Å². The zero-order valence-corrected chi connectivity index (χ0v) is 19.1. The summed E-state index contributed by atoms with van der Waals surface area (Å²) in [5.74, 6) is 3.15. The molecule has 0 saturated carbocycles. The van der Waals surface area contributed by atoms with E-state index in [9.17, 15) is 0 Å². The van der Waals surface area contributed by atoms with Crippen molar-refractivity contribution >= 4 is 29.9 Å². The highest BCUT2D eigenvalue weighted by molar-refractivity contribution is 14.0. The third-order valence-corrected chi connectivity index (χ3v) is 5.05. The SMILES string of the molecule is CN=C(NCCC(C)c1ccc(OC)cc1)NC1CCOc2ccccc21.I. The molecule has 0 fully saturated rings. The van der Waals surface area contributed by atoms with Crippen molar-refractivity contribution in [3.63, 3.8) is 0 Å². The Morgan fingerprint density at radius 3 is 2.68 bits per heavy atom. The highest BCUT2D eigenvalue weighted by atomic mass is 127. The fraction of sp³-hybridized carbons (Fsp3) is 0.409. The van der Waals surface area contributed by atoms with E-state index in [0.29, 0.717) is 5.92 Å². The number of fused-ring (bicyclic) bond motifs is 1. The van der Waals surface area contributed by atoms with Gasteiger partial charge in [-0.15, -0.1) is 24.0 Å². The van der Waals surface area contributed by atoms with Crippen LogP contribution in [0.2, 0.25) is 0 Å². The molecule has 2 aromatic carbocycles. The van der Waals surface area contributed by atoms with E-state index in [4.69, 9.17) is 9.47 Å². The molecule has 0 bridgehead atoms. The number of ether oxygens (including phenoxy) is 2. The zero-order valence-electron chi connectivity index (χ0n) is 16.8. The summed E-state index contributed by atoms with van der Waals surface area (Å²) in [5, 5.41) is 6.98. The number of aliphatic imine (C=N–C) groups is 1. The molecule has 152 valence electrons. The predicted molar refractivity (Wildman–Crippen MR) is 125 cm³/mol. The molecule has 1 aliphatic heterocycles. The maximum Gasteiger partial charge on any atom is 0.191 e. The molecule has 2 atom stereocenters. The number of guanidine groups is 1. The van der Waals surface area contributed by atoms with Crippen LogP contribution in [0.5, 0.6) is 11.5 Å². The molecule has 3 rings (SSSR count). The van der Waals surface area contributed by atoms with Crippen molar-refractivity contribution in [2.24, 2.45) is 4.99 Å². The first-order valence-corrected chi connectivity index (χ1v) is 9.54. The van der Waals surface area contributed by atoms with Crippen molar-refractivity contribution in [2.45, 2.75) is 31.7 Å². The summed E-state index contributed by atoms with van der Waals surface area (Å²) in [7, 11) is 3.51. The molecule has 2 N–H and O–H groups in total. The molecular formula is C22H30IN3O2. The van der Waals surface area contributed by atoms with E-state index in [0.717, 1.165) is 43.5 Å². The fourth-order valence-electron chi connectivity index (χ4n) is 3.36. The summed E-state index contributed by atoms with van der Waals surface area (Å²) in [4.78, 5) is 4.38. The van der Waals surface area contributed by atoms with E-state index in [2.05, 4.69) is 46.8 Å². The standard InChI is InChI=1S/C22H29N3O2.HI/c1-16(17-8-10-18(26-3)11-9-17)12-14-24-22(23-2)25-20-13-15-27-21-7-5-4-6-19(20)21;/h4-11,16,20H,12-15H2,1-3H3,(H2,23,24,25);1H. The van der Waals surface area contributed by atoms with Crippen LogP contribution in [0.4, 0.5) is 0 Å². The second-order valence-electron chi connectivity index (χ2n) is 6.83. The Morgan fingerprint density at radius 2 is 1.96 bits per heavy atom. The van der Waals surface area contributed by atoms with Gasteiger partial charge in [-0.05, 0) is 36.1 Å². The van der Waals surface area contributed by atoms with Gasteiger partial charge in [0.2, 0.25) is 0 Å². The molecule has 0 spiro atoms. The molecule has 1 heterocycles. The number of methoxy groups -OCH3 is 1. The molecule has 2 aromatic rings. The Kier molecular flexibility index (Phi) is 8.89. The predicted octanol–water partition coefficient (Wildman–Crippen LogP) is 4.50. The molecule has 0 saturated heterocycles. The third kappa shape index (κ3) is 5.77. The number of benzene rings is 2. The molecule has 0 amide bonds. The summed E-state index contributed by atoms with van der Waals surface area (Å²) in [5.41, 5.74) is 2.51. The van der Waals surface area contributed by atoms with Gasteiger partial charge < -0.3 is 20.1 Å². The summed E-state index contributed by atoms with van der Waals surface area (Å²) in [6.07, 6.45) is 1.96. The van der Waals surface area contributed by atoms with Crippen LogP contribution >= 0.6 is 24.0 Å². The van der Waals surface area contributed by atoms with E-state index < -0.39 is 0 Å². The number of hydrogen-bond acceptors (Lipinski definition) is 3. The van der Waals surface area contributed by atoms with Gasteiger partial charge >= 0.3 is 0 Å². The Hall–Kier alpha value is -1.96. The lowest BCUT2D eigenvalue weighted by Crippen LogP contribution is -2.41. The number of nitrogens with one attached hydrogen (secondary N) is 2. The number of para-hydroxylation sites is 1. The maximum atomic E-state index is 5.74. The van der Waals surface area contributed by atoms with Crippen molar-refractivity contribution in [3.05, 3.63) is 59.7 Å². The minimum absolute atomic E-state index is 0. The molecule has 0 aromatic heterocycles. The smallest absolute Gasteiger partial charge is 0.191 e. The van der Waals surface area contributed by atoms with Gasteiger partial charge in [-0.2, -0.15) is 0 Å². The van der Waals surface area contributed by atoms with Crippen LogP contribution < -0.4 is 20.1 Å². The van der Waals surface area contributed by atoms with Crippen LogP contribution in [0.3, 0.4) is 0 Å². The first-order valence-electron chi connectivity index (χ1n) is 9.54. The monoisotopic (exact) mass is 495 g/mol. The van der Waals surface area contributed by atoms with Gasteiger partial charge in [-0.25, -0.2) is 0 Å². The Morgan fingerprint density at radius 1 is 1.21 bits per heavy atom. The van der Waals surface area contributed by atoms with Gasteiger partial charge in [0.15, 0.2) is 5.96 Å². The van der Waals surface area contributed by atoms with Crippen LogP contribution in [-0.4, -0.2) is 33.3 Å². The van der Waals surface area contributed by atoms with Crippen molar-refractivity contribution in [1.82, 2.24) is 10.6 Å². The van der Waals surface area contributed by atoms with Crippen LogP contribution in [0.25, 0.3) is 0 Å². The lowest BCUT2D eigenvalue weighted by atomic mass is 9.98. The van der Waals surface area contributed by atoms with E-state index in [1.807, 2.05) is 31.3 Å². The lowest BCUT2D eigenvalue weighted by molar-refractivity contribution is 0.261. The van der Waals surface area contributed by atoms with Gasteiger partial charge in [0, 0.05) is 25.6 Å². The average molecular weight is 495 g/mol. The topological polar surface area (TPSA) is 54.9 Å². The maximum absolute atomic E-state index is 5.74. The van der Waals surface area contributed by atoms with E-state index >= 15 is 0 Å². The fourth-order valence-corrected chi connectivity index (χ4v) is 3.36. The summed E-state index contributed by atoms with van der Waals surface area (Å²) >= 11 is 0. The van der Waals surface area contributed by atoms with Gasteiger partial charge in [-0.1, -0.05) is 37.3 Å². The van der Waals surface area contributed by atoms with E-state index in [-0.39, 0.29) is 30.0 Å². The first-order chi connectivity index (χ1) is 13.2. The van der Waals surface area contributed by atoms with Crippen molar-refractivity contribution in [2.75, 3.05) is 27.3 Å². The van der Waals surface area contributed by atoms with Gasteiger partial charge in [0.1, 0.15) is 11.5 Å². The van der Waals surface area contributed by atoms with E-state index in [1.165, 1.54) is 11.1 Å². The van der Waals surface area contributed by atoms with Crippen LogP contribution in [0, 0.1) is 0 Å². The third-order valence-electron chi connectivity index (χ3n) is 5.05.